The van der Waals surface area contributed by atoms with Gasteiger partial charge in [-0.3, -0.25) is 9.59 Å². The second-order valence-electron chi connectivity index (χ2n) is 19.0. The molecular weight excluding hydrogens is 815 g/mol. The maximum atomic E-state index is 13.3. The van der Waals surface area contributed by atoms with Crippen molar-refractivity contribution in [3.05, 3.63) is 72.9 Å². The molecule has 382 valence electrons. The first-order valence-corrected chi connectivity index (χ1v) is 28.2. The average Bonchev–Trinajstić information content (AvgIpc) is 3.31. The number of aliphatic hydroxyl groups is 2. The summed E-state index contributed by atoms with van der Waals surface area (Å²) in [5, 5.41) is 23.8. The van der Waals surface area contributed by atoms with Crippen molar-refractivity contribution in [2.45, 2.75) is 289 Å². The fraction of sp³-hybridized carbons (Fsp3) is 0.767. The fourth-order valence-corrected chi connectivity index (χ4v) is 8.22. The summed E-state index contributed by atoms with van der Waals surface area (Å²) in [5.74, 6) is -0.545. The van der Waals surface area contributed by atoms with Gasteiger partial charge >= 0.3 is 5.97 Å². The SMILES string of the molecule is CCCCC/C=C\C/C=C\C/C=C\C/C=C\CCCC(=O)OC(CCCCCCCCC/C=C\C/C=C\CCCCC)CC(=O)NC(CO)C(O)CCCCCCCCCCCCCCC. The van der Waals surface area contributed by atoms with E-state index in [-0.39, 0.29) is 24.9 Å². The number of esters is 1. The van der Waals surface area contributed by atoms with Crippen molar-refractivity contribution in [1.82, 2.24) is 5.32 Å². The zero-order valence-electron chi connectivity index (χ0n) is 43.6. The van der Waals surface area contributed by atoms with Gasteiger partial charge in [0, 0.05) is 6.42 Å². The molecule has 0 saturated heterocycles. The molecule has 6 nitrogen and oxygen atoms in total. The van der Waals surface area contributed by atoms with Crippen LogP contribution in [0.5, 0.6) is 0 Å². The number of carbonyl (C=O) groups is 2. The number of aliphatic hydroxyl groups excluding tert-OH is 2. The van der Waals surface area contributed by atoms with Gasteiger partial charge in [0.05, 0.1) is 25.2 Å². The van der Waals surface area contributed by atoms with Crippen molar-refractivity contribution < 1.29 is 24.5 Å². The van der Waals surface area contributed by atoms with Crippen LogP contribution in [0.3, 0.4) is 0 Å². The maximum absolute atomic E-state index is 13.3. The highest BCUT2D eigenvalue weighted by Crippen LogP contribution is 2.18. The lowest BCUT2D eigenvalue weighted by atomic mass is 10.0. The van der Waals surface area contributed by atoms with Crippen molar-refractivity contribution >= 4 is 11.9 Å². The normalized spacial score (nSPS) is 13.7. The number of ether oxygens (including phenoxy) is 1. The van der Waals surface area contributed by atoms with Gasteiger partial charge in [-0.25, -0.2) is 0 Å². The maximum Gasteiger partial charge on any atom is 0.306 e. The number of unbranched alkanes of at least 4 members (excludes halogenated alkanes) is 26. The Morgan fingerprint density at radius 3 is 1.20 bits per heavy atom. The van der Waals surface area contributed by atoms with Crippen LogP contribution in [0.4, 0.5) is 0 Å². The summed E-state index contributed by atoms with van der Waals surface area (Å²) in [5.41, 5.74) is 0. The Balaban J connectivity index is 4.69. The highest BCUT2D eigenvalue weighted by atomic mass is 16.5. The van der Waals surface area contributed by atoms with E-state index in [9.17, 15) is 19.8 Å². The molecule has 0 aromatic rings. The molecule has 0 saturated carbocycles. The van der Waals surface area contributed by atoms with E-state index in [1.807, 2.05) is 0 Å². The molecule has 0 rings (SSSR count). The van der Waals surface area contributed by atoms with Gasteiger partial charge < -0.3 is 20.3 Å². The van der Waals surface area contributed by atoms with Gasteiger partial charge in [-0.1, -0.05) is 235 Å². The summed E-state index contributed by atoms with van der Waals surface area (Å²) in [6.07, 6.45) is 68.2. The van der Waals surface area contributed by atoms with Gasteiger partial charge in [-0.15, -0.1) is 0 Å². The number of allylic oxidation sites excluding steroid dienone is 12. The molecule has 3 N–H and O–H groups in total. The minimum atomic E-state index is -0.802. The minimum absolute atomic E-state index is 0.0487. The summed E-state index contributed by atoms with van der Waals surface area (Å²) in [4.78, 5) is 26.2. The standard InChI is InChI=1S/C60H107NO5/c1-4-7-10-13-16-19-22-25-27-29-31-34-36-39-42-45-48-51-56(66-60(65)53-50-47-44-41-38-35-32-30-28-26-23-20-17-14-11-8-5-2)54-59(64)61-57(55-62)58(63)52-49-46-43-40-37-33-24-21-18-15-12-9-6-3/h16-17,19-20,25-28,32,35,41,44,56-58,62-63H,4-15,18,21-24,29-31,33-34,36-40,42-43,45-55H2,1-3H3,(H,61,64)/b19-16-,20-17-,27-25-,28-26-,35-32-,44-41-. The molecule has 0 radical (unpaired) electrons. The Kier molecular flexibility index (Phi) is 51.1. The summed E-state index contributed by atoms with van der Waals surface area (Å²) in [7, 11) is 0. The van der Waals surface area contributed by atoms with Crippen molar-refractivity contribution in [1.29, 1.82) is 0 Å². The monoisotopic (exact) mass is 922 g/mol. The van der Waals surface area contributed by atoms with Crippen molar-refractivity contribution in [3.8, 4) is 0 Å². The van der Waals surface area contributed by atoms with Crippen LogP contribution in [0.1, 0.15) is 271 Å². The lowest BCUT2D eigenvalue weighted by Gasteiger charge is -2.24. The zero-order valence-corrected chi connectivity index (χ0v) is 43.6. The van der Waals surface area contributed by atoms with Gasteiger partial charge in [0.25, 0.3) is 0 Å². The number of amides is 1. The second-order valence-corrected chi connectivity index (χ2v) is 19.0. The van der Waals surface area contributed by atoms with Crippen LogP contribution in [0.25, 0.3) is 0 Å². The number of rotatable bonds is 50. The smallest absolute Gasteiger partial charge is 0.306 e. The Hall–Kier alpha value is -2.70. The van der Waals surface area contributed by atoms with E-state index in [4.69, 9.17) is 4.74 Å². The number of carbonyl (C=O) groups excluding carboxylic acids is 2. The number of hydrogen-bond acceptors (Lipinski definition) is 5. The first kappa shape index (κ1) is 63.3. The highest BCUT2D eigenvalue weighted by molar-refractivity contribution is 5.77. The third kappa shape index (κ3) is 47.8. The fourth-order valence-electron chi connectivity index (χ4n) is 8.22. The molecule has 3 unspecified atom stereocenters. The quantitative estimate of drug-likeness (QED) is 0.0321. The molecule has 0 spiro atoms. The third-order valence-electron chi connectivity index (χ3n) is 12.5. The topological polar surface area (TPSA) is 95.9 Å². The second kappa shape index (κ2) is 53.3. The van der Waals surface area contributed by atoms with E-state index in [0.717, 1.165) is 77.0 Å². The van der Waals surface area contributed by atoms with Crippen molar-refractivity contribution in [3.63, 3.8) is 0 Å². The summed E-state index contributed by atoms with van der Waals surface area (Å²) < 4.78 is 5.93. The Bertz CT molecular complexity index is 1220. The molecule has 0 aliphatic carbocycles. The molecule has 0 bridgehead atoms. The van der Waals surface area contributed by atoms with Gasteiger partial charge in [0.2, 0.25) is 5.91 Å². The highest BCUT2D eigenvalue weighted by Gasteiger charge is 2.24. The van der Waals surface area contributed by atoms with Crippen LogP contribution in [0.15, 0.2) is 72.9 Å². The minimum Gasteiger partial charge on any atom is -0.462 e. The van der Waals surface area contributed by atoms with E-state index in [1.54, 1.807) is 0 Å². The number of nitrogens with one attached hydrogen (secondary N) is 1. The average molecular weight is 923 g/mol. The number of hydrogen-bond donors (Lipinski definition) is 3. The first-order chi connectivity index (χ1) is 32.5. The molecule has 6 heteroatoms. The third-order valence-corrected chi connectivity index (χ3v) is 12.5. The molecule has 0 aliphatic rings. The zero-order chi connectivity index (χ0) is 48.1. The van der Waals surface area contributed by atoms with Gasteiger partial charge in [-0.2, -0.15) is 0 Å². The van der Waals surface area contributed by atoms with Crippen molar-refractivity contribution in [2.75, 3.05) is 6.61 Å². The molecule has 1 amide bonds. The lowest BCUT2D eigenvalue weighted by Crippen LogP contribution is -2.46. The molecule has 3 atom stereocenters. The van der Waals surface area contributed by atoms with E-state index in [0.29, 0.717) is 25.7 Å². The molecule has 0 fully saturated rings. The molecule has 0 heterocycles. The van der Waals surface area contributed by atoms with E-state index < -0.39 is 18.2 Å². The Labute approximate surface area is 409 Å². The largest absolute Gasteiger partial charge is 0.462 e. The predicted molar refractivity (Wildman–Crippen MR) is 287 cm³/mol. The van der Waals surface area contributed by atoms with E-state index in [1.165, 1.54) is 141 Å². The van der Waals surface area contributed by atoms with Crippen LogP contribution >= 0.6 is 0 Å². The van der Waals surface area contributed by atoms with Crippen LogP contribution in [0.2, 0.25) is 0 Å². The van der Waals surface area contributed by atoms with Crippen molar-refractivity contribution in [2.24, 2.45) is 0 Å². The van der Waals surface area contributed by atoms with Gasteiger partial charge in [-0.05, 0) is 96.3 Å². The van der Waals surface area contributed by atoms with Crippen LogP contribution in [0, 0.1) is 0 Å². The van der Waals surface area contributed by atoms with Crippen LogP contribution in [-0.4, -0.2) is 46.9 Å². The summed E-state index contributed by atoms with van der Waals surface area (Å²) in [6.45, 7) is 6.43. The molecular formula is C60H107NO5. The van der Waals surface area contributed by atoms with Crippen LogP contribution in [-0.2, 0) is 14.3 Å². The van der Waals surface area contributed by atoms with E-state index in [2.05, 4.69) is 99.0 Å². The Morgan fingerprint density at radius 1 is 0.439 bits per heavy atom. The van der Waals surface area contributed by atoms with Crippen LogP contribution < -0.4 is 5.32 Å². The van der Waals surface area contributed by atoms with Gasteiger partial charge in [0.1, 0.15) is 6.10 Å². The van der Waals surface area contributed by atoms with E-state index >= 15 is 0 Å². The van der Waals surface area contributed by atoms with Gasteiger partial charge in [0.15, 0.2) is 0 Å². The lowest BCUT2D eigenvalue weighted by molar-refractivity contribution is -0.151. The molecule has 0 aromatic carbocycles. The summed E-state index contributed by atoms with van der Waals surface area (Å²) in [6, 6.07) is -0.718. The Morgan fingerprint density at radius 2 is 0.773 bits per heavy atom. The molecule has 66 heavy (non-hydrogen) atoms. The summed E-state index contributed by atoms with van der Waals surface area (Å²) >= 11 is 0. The first-order valence-electron chi connectivity index (χ1n) is 28.2. The molecule has 0 aromatic heterocycles. The predicted octanol–water partition coefficient (Wildman–Crippen LogP) is 17.3. The molecule has 0 aliphatic heterocycles.